The van der Waals surface area contributed by atoms with Gasteiger partial charge in [-0.25, -0.2) is 0 Å². The molecule has 5 rings (SSSR count). The van der Waals surface area contributed by atoms with Crippen molar-refractivity contribution in [3.63, 3.8) is 0 Å². The molecular weight excluding hydrogens is 354 g/mol. The number of aromatic nitrogens is 1. The smallest absolute Gasteiger partial charge is 0.254 e. The maximum Gasteiger partial charge on any atom is 0.254 e. The van der Waals surface area contributed by atoms with Crippen LogP contribution in [-0.2, 0) is 12.0 Å². The summed E-state index contributed by atoms with van der Waals surface area (Å²) in [5, 5.41) is 3.91. The van der Waals surface area contributed by atoms with E-state index >= 15 is 0 Å². The standard InChI is InChI=1S/C22H21N3OS/c26-21(18-8-12-27-14-18)24-11-9-22(15-24)16-25(13-17-5-2-1-3-6-17)19-7-4-10-23-20(19)22/h1-8,10,12,14H,9,11,13,15-16H2. The van der Waals surface area contributed by atoms with E-state index in [0.29, 0.717) is 0 Å². The molecule has 0 N–H and O–H groups in total. The van der Waals surface area contributed by atoms with Gasteiger partial charge in [0.25, 0.3) is 5.91 Å². The minimum Gasteiger partial charge on any atom is -0.365 e. The summed E-state index contributed by atoms with van der Waals surface area (Å²) in [4.78, 5) is 22.0. The van der Waals surface area contributed by atoms with Gasteiger partial charge in [-0.2, -0.15) is 11.3 Å². The maximum atomic E-state index is 12.8. The Morgan fingerprint density at radius 2 is 2.00 bits per heavy atom. The number of amides is 1. The maximum absolute atomic E-state index is 12.8. The predicted octanol–water partition coefficient (Wildman–Crippen LogP) is 3.95. The van der Waals surface area contributed by atoms with Crippen LogP contribution in [0.4, 0.5) is 5.69 Å². The van der Waals surface area contributed by atoms with Gasteiger partial charge >= 0.3 is 0 Å². The molecule has 5 heteroatoms. The molecule has 1 amide bonds. The Hall–Kier alpha value is -2.66. The molecule has 0 saturated carbocycles. The number of hydrogen-bond donors (Lipinski definition) is 0. The van der Waals surface area contributed by atoms with Crippen LogP contribution in [0.25, 0.3) is 0 Å². The van der Waals surface area contributed by atoms with Crippen molar-refractivity contribution >= 4 is 22.9 Å². The molecule has 3 aromatic rings. The molecule has 1 unspecified atom stereocenters. The number of anilines is 1. The van der Waals surface area contributed by atoms with Gasteiger partial charge in [0.2, 0.25) is 0 Å². The van der Waals surface area contributed by atoms with Gasteiger partial charge < -0.3 is 9.80 Å². The van der Waals surface area contributed by atoms with Crippen LogP contribution in [0.1, 0.15) is 28.0 Å². The van der Waals surface area contributed by atoms with Crippen LogP contribution >= 0.6 is 11.3 Å². The monoisotopic (exact) mass is 375 g/mol. The van der Waals surface area contributed by atoms with Gasteiger partial charge in [-0.3, -0.25) is 9.78 Å². The second-order valence-electron chi connectivity index (χ2n) is 7.48. The van der Waals surface area contributed by atoms with E-state index in [1.807, 2.05) is 34.0 Å². The third-order valence-electron chi connectivity index (χ3n) is 5.75. The van der Waals surface area contributed by atoms with Crippen LogP contribution in [-0.4, -0.2) is 35.4 Å². The highest BCUT2D eigenvalue weighted by atomic mass is 32.1. The van der Waals surface area contributed by atoms with Gasteiger partial charge in [0, 0.05) is 37.8 Å². The topological polar surface area (TPSA) is 36.4 Å². The molecule has 1 spiro atoms. The third kappa shape index (κ3) is 2.82. The predicted molar refractivity (Wildman–Crippen MR) is 108 cm³/mol. The van der Waals surface area contributed by atoms with Crippen molar-refractivity contribution in [2.45, 2.75) is 18.4 Å². The second kappa shape index (κ2) is 6.50. The van der Waals surface area contributed by atoms with E-state index in [1.54, 1.807) is 11.3 Å². The van der Waals surface area contributed by atoms with Gasteiger partial charge in [0.05, 0.1) is 22.4 Å². The Morgan fingerprint density at radius 3 is 2.81 bits per heavy atom. The lowest BCUT2D eigenvalue weighted by Gasteiger charge is -2.25. The zero-order valence-corrected chi connectivity index (χ0v) is 15.9. The van der Waals surface area contributed by atoms with Gasteiger partial charge in [0.1, 0.15) is 0 Å². The summed E-state index contributed by atoms with van der Waals surface area (Å²) in [7, 11) is 0. The fraction of sp³-hybridized carbons (Fsp3) is 0.273. The normalized spacial score (nSPS) is 21.0. The largest absolute Gasteiger partial charge is 0.365 e. The molecule has 1 aromatic carbocycles. The first-order valence-corrected chi connectivity index (χ1v) is 10.3. The van der Waals surface area contributed by atoms with Gasteiger partial charge in [0.15, 0.2) is 0 Å². The fourth-order valence-corrected chi connectivity index (χ4v) is 5.10. The molecule has 0 bridgehead atoms. The SMILES string of the molecule is O=C(c1ccsc1)N1CCC2(C1)CN(Cc1ccccc1)c1cccnc12. The van der Waals surface area contributed by atoms with Crippen LogP contribution < -0.4 is 4.90 Å². The molecule has 0 radical (unpaired) electrons. The number of hydrogen-bond acceptors (Lipinski definition) is 4. The Morgan fingerprint density at radius 1 is 1.11 bits per heavy atom. The average molecular weight is 375 g/mol. The van der Waals surface area contributed by atoms with E-state index < -0.39 is 0 Å². The number of nitrogens with zero attached hydrogens (tertiary/aromatic N) is 3. The highest BCUT2D eigenvalue weighted by Gasteiger charge is 2.49. The average Bonchev–Trinajstić information content (AvgIpc) is 3.44. The zero-order valence-electron chi connectivity index (χ0n) is 15.0. The summed E-state index contributed by atoms with van der Waals surface area (Å²) in [6.07, 6.45) is 2.86. The Balaban J connectivity index is 1.43. The molecule has 2 aromatic heterocycles. The van der Waals surface area contributed by atoms with E-state index in [4.69, 9.17) is 4.98 Å². The lowest BCUT2D eigenvalue weighted by molar-refractivity contribution is 0.0785. The highest BCUT2D eigenvalue weighted by molar-refractivity contribution is 7.08. The van der Waals surface area contributed by atoms with Crippen molar-refractivity contribution in [3.05, 3.63) is 82.3 Å². The van der Waals surface area contributed by atoms with Gasteiger partial charge in [-0.1, -0.05) is 30.3 Å². The van der Waals surface area contributed by atoms with Gasteiger partial charge in [-0.15, -0.1) is 0 Å². The minimum atomic E-state index is -0.0585. The first-order chi connectivity index (χ1) is 13.3. The van der Waals surface area contributed by atoms with Crippen molar-refractivity contribution < 1.29 is 4.79 Å². The molecular formula is C22H21N3OS. The van der Waals surface area contributed by atoms with Crippen molar-refractivity contribution in [1.29, 1.82) is 0 Å². The molecule has 2 aliphatic rings. The summed E-state index contributed by atoms with van der Waals surface area (Å²) in [5.41, 5.74) is 4.41. The van der Waals surface area contributed by atoms with Crippen LogP contribution in [0, 0.1) is 0 Å². The van der Waals surface area contributed by atoms with Crippen molar-refractivity contribution in [2.24, 2.45) is 0 Å². The number of thiophene rings is 1. The Bertz CT molecular complexity index is 957. The molecule has 0 aliphatic carbocycles. The third-order valence-corrected chi connectivity index (χ3v) is 6.43. The summed E-state index contributed by atoms with van der Waals surface area (Å²) >= 11 is 1.57. The lowest BCUT2D eigenvalue weighted by atomic mass is 9.85. The lowest BCUT2D eigenvalue weighted by Crippen LogP contribution is -2.38. The minimum absolute atomic E-state index is 0.0585. The summed E-state index contributed by atoms with van der Waals surface area (Å²) < 4.78 is 0. The number of likely N-dealkylation sites (tertiary alicyclic amines) is 1. The molecule has 1 fully saturated rings. The molecule has 4 heterocycles. The van der Waals surface area contributed by atoms with E-state index in [9.17, 15) is 4.79 Å². The first-order valence-electron chi connectivity index (χ1n) is 9.31. The van der Waals surface area contributed by atoms with Gasteiger partial charge in [-0.05, 0) is 35.6 Å². The summed E-state index contributed by atoms with van der Waals surface area (Å²) in [6, 6.07) is 16.7. The van der Waals surface area contributed by atoms with E-state index in [0.717, 1.165) is 43.9 Å². The molecule has 1 atom stereocenters. The zero-order chi connectivity index (χ0) is 18.3. The van der Waals surface area contributed by atoms with Crippen LogP contribution in [0.2, 0.25) is 0 Å². The molecule has 2 aliphatic heterocycles. The van der Waals surface area contributed by atoms with Crippen LogP contribution in [0.15, 0.2) is 65.5 Å². The van der Waals surface area contributed by atoms with Crippen molar-refractivity contribution in [3.8, 4) is 0 Å². The van der Waals surface area contributed by atoms with Crippen molar-refractivity contribution in [1.82, 2.24) is 9.88 Å². The van der Waals surface area contributed by atoms with Crippen LogP contribution in [0.3, 0.4) is 0 Å². The summed E-state index contributed by atoms with van der Waals surface area (Å²) in [6.45, 7) is 3.34. The summed E-state index contributed by atoms with van der Waals surface area (Å²) in [5.74, 6) is 0.145. The molecule has 27 heavy (non-hydrogen) atoms. The van der Waals surface area contributed by atoms with E-state index in [1.165, 1.54) is 11.3 Å². The van der Waals surface area contributed by atoms with Crippen molar-refractivity contribution in [2.75, 3.05) is 24.5 Å². The Kier molecular flexibility index (Phi) is 3.97. The number of rotatable bonds is 3. The number of carbonyl (C=O) groups excluding carboxylic acids is 1. The number of carbonyl (C=O) groups is 1. The quantitative estimate of drug-likeness (QED) is 0.696. The molecule has 1 saturated heterocycles. The van der Waals surface area contributed by atoms with E-state index in [2.05, 4.69) is 41.3 Å². The Labute approximate surface area is 163 Å². The number of fused-ring (bicyclic) bond motifs is 2. The fourth-order valence-electron chi connectivity index (χ4n) is 4.47. The first kappa shape index (κ1) is 16.5. The highest BCUT2D eigenvalue weighted by Crippen LogP contribution is 2.45. The number of pyridine rings is 1. The number of benzene rings is 1. The van der Waals surface area contributed by atoms with E-state index in [-0.39, 0.29) is 11.3 Å². The second-order valence-corrected chi connectivity index (χ2v) is 8.26. The molecule has 4 nitrogen and oxygen atoms in total. The molecule has 136 valence electrons. The van der Waals surface area contributed by atoms with Crippen LogP contribution in [0.5, 0.6) is 0 Å².